The summed E-state index contributed by atoms with van der Waals surface area (Å²) in [6.07, 6.45) is 0. The lowest BCUT2D eigenvalue weighted by molar-refractivity contribution is 0.310. The summed E-state index contributed by atoms with van der Waals surface area (Å²) in [4.78, 5) is 0. The van der Waals surface area contributed by atoms with Crippen molar-refractivity contribution in [2.75, 3.05) is 19.0 Å². The predicted molar refractivity (Wildman–Crippen MR) is 82.9 cm³/mol. The van der Waals surface area contributed by atoms with Gasteiger partial charge in [0.1, 0.15) is 5.82 Å². The number of anilines is 1. The Hall–Kier alpha value is -1.94. The third kappa shape index (κ3) is 4.02. The maximum absolute atomic E-state index is 13.0. The molecular formula is C16H17ClFNO2. The van der Waals surface area contributed by atoms with Gasteiger partial charge < -0.3 is 14.8 Å². The Labute approximate surface area is 128 Å². The normalized spacial score (nSPS) is 10.3. The van der Waals surface area contributed by atoms with Gasteiger partial charge >= 0.3 is 0 Å². The van der Waals surface area contributed by atoms with Crippen LogP contribution in [0.5, 0.6) is 11.5 Å². The van der Waals surface area contributed by atoms with E-state index < -0.39 is 0 Å². The van der Waals surface area contributed by atoms with Crippen LogP contribution >= 0.6 is 11.6 Å². The second kappa shape index (κ2) is 7.18. The monoisotopic (exact) mass is 309 g/mol. The maximum Gasteiger partial charge on any atom is 0.161 e. The molecule has 0 heterocycles. The fraction of sp³-hybridized carbons (Fsp3) is 0.250. The van der Waals surface area contributed by atoms with Gasteiger partial charge in [-0.25, -0.2) is 4.39 Å². The SMILES string of the molecule is CCOc1ccc(CNc2ccc(F)cc2Cl)cc1OC. The molecule has 1 N–H and O–H groups in total. The molecule has 2 aromatic rings. The van der Waals surface area contributed by atoms with Gasteiger partial charge in [-0.1, -0.05) is 17.7 Å². The number of hydrogen-bond acceptors (Lipinski definition) is 3. The Balaban J connectivity index is 2.09. The summed E-state index contributed by atoms with van der Waals surface area (Å²) < 4.78 is 23.8. The van der Waals surface area contributed by atoms with Gasteiger partial charge in [-0.05, 0) is 42.8 Å². The molecule has 0 fully saturated rings. The minimum Gasteiger partial charge on any atom is -0.493 e. The number of halogens is 2. The number of hydrogen-bond donors (Lipinski definition) is 1. The average molecular weight is 310 g/mol. The van der Waals surface area contributed by atoms with Gasteiger partial charge in [-0.15, -0.1) is 0 Å². The number of methoxy groups -OCH3 is 1. The van der Waals surface area contributed by atoms with Crippen molar-refractivity contribution in [2.24, 2.45) is 0 Å². The Bertz CT molecular complexity index is 619. The quantitative estimate of drug-likeness (QED) is 0.852. The molecule has 2 aromatic carbocycles. The van der Waals surface area contributed by atoms with Crippen molar-refractivity contribution in [3.8, 4) is 11.5 Å². The molecule has 2 rings (SSSR count). The highest BCUT2D eigenvalue weighted by Gasteiger charge is 2.06. The molecule has 0 aromatic heterocycles. The van der Waals surface area contributed by atoms with Crippen LogP contribution in [0.15, 0.2) is 36.4 Å². The first-order valence-corrected chi connectivity index (χ1v) is 7.00. The van der Waals surface area contributed by atoms with E-state index in [0.29, 0.717) is 35.4 Å². The smallest absolute Gasteiger partial charge is 0.161 e. The molecule has 0 radical (unpaired) electrons. The largest absolute Gasteiger partial charge is 0.493 e. The van der Waals surface area contributed by atoms with Gasteiger partial charge in [0.05, 0.1) is 24.4 Å². The molecule has 3 nitrogen and oxygen atoms in total. The third-order valence-electron chi connectivity index (χ3n) is 2.94. The van der Waals surface area contributed by atoms with Crippen molar-refractivity contribution in [3.05, 3.63) is 52.8 Å². The van der Waals surface area contributed by atoms with Crippen molar-refractivity contribution in [3.63, 3.8) is 0 Å². The van der Waals surface area contributed by atoms with Crippen LogP contribution in [0.4, 0.5) is 10.1 Å². The second-order valence-electron chi connectivity index (χ2n) is 4.40. The molecule has 5 heteroatoms. The summed E-state index contributed by atoms with van der Waals surface area (Å²) in [6.45, 7) is 3.05. The molecule has 0 unspecified atom stereocenters. The molecule has 0 saturated heterocycles. The van der Waals surface area contributed by atoms with Crippen molar-refractivity contribution in [2.45, 2.75) is 13.5 Å². The first-order chi connectivity index (χ1) is 10.1. The van der Waals surface area contributed by atoms with Crippen LogP contribution in [0.2, 0.25) is 5.02 Å². The Morgan fingerprint density at radius 2 is 1.95 bits per heavy atom. The zero-order chi connectivity index (χ0) is 15.2. The Kier molecular flexibility index (Phi) is 5.28. The number of nitrogens with one attached hydrogen (secondary N) is 1. The molecule has 0 saturated carbocycles. The van der Waals surface area contributed by atoms with Crippen LogP contribution in [0.3, 0.4) is 0 Å². The summed E-state index contributed by atoms with van der Waals surface area (Å²) >= 11 is 5.97. The van der Waals surface area contributed by atoms with Crippen molar-refractivity contribution < 1.29 is 13.9 Å². The van der Waals surface area contributed by atoms with Crippen LogP contribution in [0.1, 0.15) is 12.5 Å². The minimum atomic E-state index is -0.353. The minimum absolute atomic E-state index is 0.353. The highest BCUT2D eigenvalue weighted by molar-refractivity contribution is 6.33. The van der Waals surface area contributed by atoms with E-state index in [-0.39, 0.29) is 5.82 Å². The van der Waals surface area contributed by atoms with E-state index in [1.54, 1.807) is 13.2 Å². The van der Waals surface area contributed by atoms with Crippen LogP contribution in [0, 0.1) is 5.82 Å². The molecule has 21 heavy (non-hydrogen) atoms. The van der Waals surface area contributed by atoms with Crippen LogP contribution in [-0.2, 0) is 6.54 Å². The maximum atomic E-state index is 13.0. The summed E-state index contributed by atoms with van der Waals surface area (Å²) in [6, 6.07) is 9.97. The fourth-order valence-corrected chi connectivity index (χ4v) is 2.16. The summed E-state index contributed by atoms with van der Waals surface area (Å²) in [5, 5.41) is 3.52. The van der Waals surface area contributed by atoms with E-state index >= 15 is 0 Å². The highest BCUT2D eigenvalue weighted by Crippen LogP contribution is 2.29. The lowest BCUT2D eigenvalue weighted by Crippen LogP contribution is -2.02. The zero-order valence-electron chi connectivity index (χ0n) is 12.0. The van der Waals surface area contributed by atoms with E-state index in [1.807, 2.05) is 25.1 Å². The molecule has 0 aliphatic rings. The van der Waals surface area contributed by atoms with Crippen molar-refractivity contribution >= 4 is 17.3 Å². The van der Waals surface area contributed by atoms with Crippen molar-refractivity contribution in [1.82, 2.24) is 0 Å². The number of benzene rings is 2. The Morgan fingerprint density at radius 3 is 2.62 bits per heavy atom. The summed E-state index contributed by atoms with van der Waals surface area (Å²) in [5.41, 5.74) is 1.70. The summed E-state index contributed by atoms with van der Waals surface area (Å²) in [5.74, 6) is 1.04. The summed E-state index contributed by atoms with van der Waals surface area (Å²) in [7, 11) is 1.60. The molecule has 112 valence electrons. The van der Waals surface area contributed by atoms with E-state index in [9.17, 15) is 4.39 Å². The van der Waals surface area contributed by atoms with Gasteiger partial charge in [0, 0.05) is 6.54 Å². The van der Waals surface area contributed by atoms with E-state index in [4.69, 9.17) is 21.1 Å². The average Bonchev–Trinajstić information content (AvgIpc) is 2.47. The predicted octanol–water partition coefficient (Wildman–Crippen LogP) is 4.50. The molecule has 0 spiro atoms. The van der Waals surface area contributed by atoms with Gasteiger partial charge in [-0.3, -0.25) is 0 Å². The number of rotatable bonds is 6. The highest BCUT2D eigenvalue weighted by atomic mass is 35.5. The van der Waals surface area contributed by atoms with Crippen molar-refractivity contribution in [1.29, 1.82) is 0 Å². The first kappa shape index (κ1) is 15.4. The third-order valence-corrected chi connectivity index (χ3v) is 3.25. The molecule has 0 bridgehead atoms. The van der Waals surface area contributed by atoms with Gasteiger partial charge in [0.15, 0.2) is 11.5 Å². The van der Waals surface area contributed by atoms with Gasteiger partial charge in [-0.2, -0.15) is 0 Å². The lowest BCUT2D eigenvalue weighted by Gasteiger charge is -2.12. The van der Waals surface area contributed by atoms with Crippen LogP contribution < -0.4 is 14.8 Å². The Morgan fingerprint density at radius 1 is 1.14 bits per heavy atom. The molecule has 0 aliphatic heterocycles. The molecule has 0 amide bonds. The lowest BCUT2D eigenvalue weighted by atomic mass is 10.2. The zero-order valence-corrected chi connectivity index (χ0v) is 12.7. The first-order valence-electron chi connectivity index (χ1n) is 6.62. The van der Waals surface area contributed by atoms with Crippen LogP contribution in [-0.4, -0.2) is 13.7 Å². The van der Waals surface area contributed by atoms with Crippen LogP contribution in [0.25, 0.3) is 0 Å². The van der Waals surface area contributed by atoms with Gasteiger partial charge in [0.2, 0.25) is 0 Å². The molecular weight excluding hydrogens is 293 g/mol. The van der Waals surface area contributed by atoms with E-state index in [2.05, 4.69) is 5.32 Å². The van der Waals surface area contributed by atoms with Gasteiger partial charge in [0.25, 0.3) is 0 Å². The molecule has 0 aliphatic carbocycles. The topological polar surface area (TPSA) is 30.5 Å². The molecule has 0 atom stereocenters. The second-order valence-corrected chi connectivity index (χ2v) is 4.80. The van der Waals surface area contributed by atoms with E-state index in [0.717, 1.165) is 5.56 Å². The van der Waals surface area contributed by atoms with E-state index in [1.165, 1.54) is 12.1 Å². The fourth-order valence-electron chi connectivity index (χ4n) is 1.93. The standard InChI is InChI=1S/C16H17ClFNO2/c1-3-21-15-7-4-11(8-16(15)20-2)10-19-14-6-5-12(18)9-13(14)17/h4-9,19H,3,10H2,1-2H3. The number of ether oxygens (including phenoxy) is 2.